The van der Waals surface area contributed by atoms with Crippen LogP contribution in [0.15, 0.2) is 79.0 Å². The van der Waals surface area contributed by atoms with Gasteiger partial charge in [-0.1, -0.05) is 47.5 Å². The van der Waals surface area contributed by atoms with Gasteiger partial charge in [-0.15, -0.1) is 0 Å². The Balaban J connectivity index is 1.62. The van der Waals surface area contributed by atoms with Crippen LogP contribution in [0.25, 0.3) is 10.9 Å². The molecule has 7 heteroatoms. The second-order valence-electron chi connectivity index (χ2n) is 10.8. The summed E-state index contributed by atoms with van der Waals surface area (Å²) < 4.78 is 39.9. The first kappa shape index (κ1) is 26.9. The number of amides is 1. The first-order valence-corrected chi connectivity index (χ1v) is 13.2. The van der Waals surface area contributed by atoms with Crippen LogP contribution in [0, 0.1) is 13.8 Å². The monoisotopic (exact) mass is 531 g/mol. The van der Waals surface area contributed by atoms with E-state index >= 15 is 0 Å². The molecule has 1 aliphatic heterocycles. The maximum absolute atomic E-state index is 14.2. The lowest BCUT2D eigenvalue weighted by molar-refractivity contribution is -0.137. The van der Waals surface area contributed by atoms with E-state index in [9.17, 15) is 18.0 Å². The number of halogens is 3. The second kappa shape index (κ2) is 10.5. The minimum Gasteiger partial charge on any atom is -0.332 e. The number of para-hydroxylation sites is 1. The number of alkyl halides is 3. The van der Waals surface area contributed by atoms with Crippen molar-refractivity contribution in [3.05, 3.63) is 112 Å². The normalized spacial score (nSPS) is 19.8. The van der Waals surface area contributed by atoms with Crippen molar-refractivity contribution in [1.29, 1.82) is 0 Å². The summed E-state index contributed by atoms with van der Waals surface area (Å²) >= 11 is 0. The number of likely N-dealkylation sites (tertiary alicyclic amines) is 1. The number of carbonyl (C=O) groups excluding carboxylic acids is 1. The van der Waals surface area contributed by atoms with Crippen LogP contribution in [0.4, 0.5) is 13.2 Å². The van der Waals surface area contributed by atoms with Crippen LogP contribution in [-0.4, -0.2) is 33.9 Å². The molecule has 0 radical (unpaired) electrons. The average Bonchev–Trinajstić information content (AvgIpc) is 2.88. The molecule has 2 unspecified atom stereocenters. The van der Waals surface area contributed by atoms with E-state index < -0.39 is 17.3 Å². The Morgan fingerprint density at radius 2 is 1.69 bits per heavy atom. The maximum Gasteiger partial charge on any atom is 0.416 e. The number of rotatable bonds is 5. The summed E-state index contributed by atoms with van der Waals surface area (Å²) in [4.78, 5) is 20.6. The van der Waals surface area contributed by atoms with Crippen LogP contribution in [-0.2, 0) is 19.0 Å². The van der Waals surface area contributed by atoms with Crippen molar-refractivity contribution >= 4 is 16.8 Å². The molecule has 4 aromatic rings. The second-order valence-corrected chi connectivity index (χ2v) is 10.8. The molecule has 0 aliphatic carbocycles. The first-order chi connectivity index (χ1) is 18.5. The third kappa shape index (κ3) is 5.69. The molecule has 2 heterocycles. The van der Waals surface area contributed by atoms with Crippen LogP contribution in [0.3, 0.4) is 0 Å². The molecule has 39 heavy (non-hydrogen) atoms. The Kier molecular flexibility index (Phi) is 7.21. The molecule has 5 rings (SSSR count). The number of carbonyl (C=O) groups is 1. The summed E-state index contributed by atoms with van der Waals surface area (Å²) in [7, 11) is 0. The molecule has 1 fully saturated rings. The summed E-state index contributed by atoms with van der Waals surface area (Å²) in [5, 5.41) is 0.990. The molecule has 2 N–H and O–H groups in total. The minimum atomic E-state index is -4.41. The van der Waals surface area contributed by atoms with Gasteiger partial charge in [-0.2, -0.15) is 13.2 Å². The van der Waals surface area contributed by atoms with Crippen LogP contribution in [0.2, 0.25) is 0 Å². The number of nitrogens with two attached hydrogens (primary N) is 1. The lowest BCUT2D eigenvalue weighted by atomic mass is 9.74. The molecule has 0 bridgehead atoms. The highest BCUT2D eigenvalue weighted by atomic mass is 19.4. The van der Waals surface area contributed by atoms with Gasteiger partial charge in [0.05, 0.1) is 16.6 Å². The summed E-state index contributed by atoms with van der Waals surface area (Å²) in [6.07, 6.45) is -0.580. The molecular weight excluding hydrogens is 499 g/mol. The summed E-state index contributed by atoms with van der Waals surface area (Å²) in [6.45, 7) is 4.40. The number of nitrogens with zero attached hydrogens (tertiary/aromatic N) is 2. The Labute approximate surface area is 226 Å². The van der Waals surface area contributed by atoms with Gasteiger partial charge in [-0.05, 0) is 87.1 Å². The summed E-state index contributed by atoms with van der Waals surface area (Å²) in [6, 6.07) is 20.8. The Morgan fingerprint density at radius 3 is 2.38 bits per heavy atom. The number of pyridine rings is 1. The Morgan fingerprint density at radius 1 is 1.00 bits per heavy atom. The molecule has 1 aromatic heterocycles. The van der Waals surface area contributed by atoms with Gasteiger partial charge in [0.25, 0.3) is 5.91 Å². The van der Waals surface area contributed by atoms with E-state index in [2.05, 4.69) is 4.98 Å². The smallest absolute Gasteiger partial charge is 0.332 e. The quantitative estimate of drug-likeness (QED) is 0.313. The van der Waals surface area contributed by atoms with Crippen molar-refractivity contribution in [2.75, 3.05) is 6.54 Å². The lowest BCUT2D eigenvalue weighted by Gasteiger charge is -2.50. The third-order valence-electron chi connectivity index (χ3n) is 7.73. The van der Waals surface area contributed by atoms with Gasteiger partial charge in [0.2, 0.25) is 0 Å². The third-order valence-corrected chi connectivity index (χ3v) is 7.73. The molecule has 0 saturated carbocycles. The van der Waals surface area contributed by atoms with Crippen molar-refractivity contribution in [3.8, 4) is 0 Å². The number of hydrogen-bond acceptors (Lipinski definition) is 3. The zero-order valence-corrected chi connectivity index (χ0v) is 22.1. The SMILES string of the molecule is Cc1cc(C)cc(C(=O)N2CCC(N)CC2(Cc2ccc(C(F)(F)F)cc2)Cc2ccnc3ccccc23)c1. The summed E-state index contributed by atoms with van der Waals surface area (Å²) in [5.41, 5.74) is 10.4. The number of benzene rings is 3. The molecule has 2 atom stereocenters. The Hall–Kier alpha value is -3.71. The lowest BCUT2D eigenvalue weighted by Crippen LogP contribution is -2.61. The van der Waals surface area contributed by atoms with Crippen molar-refractivity contribution < 1.29 is 18.0 Å². The fourth-order valence-corrected chi connectivity index (χ4v) is 6.06. The van der Waals surface area contributed by atoms with Crippen molar-refractivity contribution in [2.24, 2.45) is 5.73 Å². The van der Waals surface area contributed by atoms with Gasteiger partial charge in [-0.25, -0.2) is 0 Å². The van der Waals surface area contributed by atoms with Gasteiger partial charge in [-0.3, -0.25) is 9.78 Å². The van der Waals surface area contributed by atoms with E-state index in [0.29, 0.717) is 37.8 Å². The van der Waals surface area contributed by atoms with Crippen LogP contribution in [0.5, 0.6) is 0 Å². The molecule has 202 valence electrons. The zero-order chi connectivity index (χ0) is 27.8. The molecule has 3 aromatic carbocycles. The maximum atomic E-state index is 14.2. The van der Waals surface area contributed by atoms with Gasteiger partial charge < -0.3 is 10.6 Å². The van der Waals surface area contributed by atoms with Gasteiger partial charge in [0, 0.05) is 29.7 Å². The van der Waals surface area contributed by atoms with E-state index in [-0.39, 0.29) is 11.9 Å². The largest absolute Gasteiger partial charge is 0.416 e. The molecule has 4 nitrogen and oxygen atoms in total. The molecular formula is C32H32F3N3O. The fourth-order valence-electron chi connectivity index (χ4n) is 6.06. The van der Waals surface area contributed by atoms with Gasteiger partial charge in [0.1, 0.15) is 0 Å². The van der Waals surface area contributed by atoms with Crippen molar-refractivity contribution in [1.82, 2.24) is 9.88 Å². The minimum absolute atomic E-state index is 0.0843. The van der Waals surface area contributed by atoms with Crippen molar-refractivity contribution in [2.45, 2.75) is 57.3 Å². The van der Waals surface area contributed by atoms with E-state index in [0.717, 1.165) is 45.3 Å². The highest BCUT2D eigenvalue weighted by molar-refractivity contribution is 5.95. The number of piperidine rings is 1. The van der Waals surface area contributed by atoms with E-state index in [1.807, 2.05) is 67.3 Å². The van der Waals surface area contributed by atoms with Gasteiger partial charge >= 0.3 is 6.18 Å². The molecule has 1 aliphatic rings. The van der Waals surface area contributed by atoms with E-state index in [4.69, 9.17) is 5.73 Å². The average molecular weight is 532 g/mol. The Bertz CT molecular complexity index is 1470. The fraction of sp³-hybridized carbons (Fsp3) is 0.312. The first-order valence-electron chi connectivity index (χ1n) is 13.2. The zero-order valence-electron chi connectivity index (χ0n) is 22.1. The highest BCUT2D eigenvalue weighted by Gasteiger charge is 2.45. The van der Waals surface area contributed by atoms with Crippen LogP contribution < -0.4 is 5.73 Å². The predicted molar refractivity (Wildman–Crippen MR) is 147 cm³/mol. The number of hydrogen-bond donors (Lipinski definition) is 1. The van der Waals surface area contributed by atoms with Crippen LogP contribution in [0.1, 0.15) is 51.0 Å². The van der Waals surface area contributed by atoms with Crippen molar-refractivity contribution in [3.63, 3.8) is 0 Å². The predicted octanol–water partition coefficient (Wildman–Crippen LogP) is 6.66. The van der Waals surface area contributed by atoms with Crippen LogP contribution >= 0.6 is 0 Å². The van der Waals surface area contributed by atoms with Gasteiger partial charge in [0.15, 0.2) is 0 Å². The molecule has 1 amide bonds. The topological polar surface area (TPSA) is 59.2 Å². The summed E-state index contributed by atoms with van der Waals surface area (Å²) in [5.74, 6) is -0.0843. The standard InChI is InChI=1S/C32H32F3N3O/c1-21-15-22(2)17-25(16-21)30(39)38-14-12-27(36)20-31(38,18-23-7-9-26(10-8-23)32(33,34)35)19-24-11-13-37-29-6-4-3-5-28(24)29/h3-11,13,15-17,27H,12,14,18-20,36H2,1-2H3. The highest BCUT2D eigenvalue weighted by Crippen LogP contribution is 2.38. The number of fused-ring (bicyclic) bond motifs is 1. The number of aryl methyl sites for hydroxylation is 2. The van der Waals surface area contributed by atoms with E-state index in [1.54, 1.807) is 6.20 Å². The molecule has 1 saturated heterocycles. The molecule has 0 spiro atoms. The van der Waals surface area contributed by atoms with E-state index in [1.165, 1.54) is 12.1 Å². The number of aromatic nitrogens is 1.